The Morgan fingerprint density at radius 3 is 2.29 bits per heavy atom. The van der Waals surface area contributed by atoms with Gasteiger partial charge in [0, 0.05) is 31.7 Å². The fraction of sp³-hybridized carbons (Fsp3) is 0.455. The lowest BCUT2D eigenvalue weighted by molar-refractivity contribution is 0.0498. The Balaban J connectivity index is 1.72. The quantitative estimate of drug-likeness (QED) is 0.878. The molecule has 0 amide bonds. The molecule has 2 aromatic carbocycles. The van der Waals surface area contributed by atoms with Crippen LogP contribution in [0.5, 0.6) is 0 Å². The summed E-state index contributed by atoms with van der Waals surface area (Å²) in [5.41, 5.74) is 7.19. The van der Waals surface area contributed by atoms with Gasteiger partial charge < -0.3 is 10.1 Å². The molecule has 0 radical (unpaired) electrons. The monoisotopic (exact) mass is 323 g/mol. The standard InChI is InChI=1S/C22H29NO/c1-17-13-19(3)20(14-18(17)2)15-23-16-22(9-11-24-12-10-22)21-7-5-4-6-8-21/h4-8,13-14,23H,9-12,15-16H2,1-3H3. The topological polar surface area (TPSA) is 21.3 Å². The van der Waals surface area contributed by atoms with E-state index in [4.69, 9.17) is 4.74 Å². The molecule has 1 fully saturated rings. The molecular formula is C22H29NO. The van der Waals surface area contributed by atoms with Crippen LogP contribution in [0.1, 0.15) is 40.7 Å². The molecule has 0 unspecified atom stereocenters. The summed E-state index contributed by atoms with van der Waals surface area (Å²) in [7, 11) is 0. The van der Waals surface area contributed by atoms with Crippen LogP contribution in [0.4, 0.5) is 0 Å². The molecule has 1 saturated heterocycles. The molecular weight excluding hydrogens is 294 g/mol. The summed E-state index contributed by atoms with van der Waals surface area (Å²) in [6.07, 6.45) is 2.19. The van der Waals surface area contributed by atoms with E-state index in [1.165, 1.54) is 27.8 Å². The average molecular weight is 323 g/mol. The van der Waals surface area contributed by atoms with Crippen LogP contribution in [0.3, 0.4) is 0 Å². The van der Waals surface area contributed by atoms with Crippen molar-refractivity contribution in [3.8, 4) is 0 Å². The van der Waals surface area contributed by atoms with Gasteiger partial charge in [-0.2, -0.15) is 0 Å². The van der Waals surface area contributed by atoms with Crippen molar-refractivity contribution in [1.29, 1.82) is 0 Å². The first-order valence-electron chi connectivity index (χ1n) is 9.01. The highest BCUT2D eigenvalue weighted by atomic mass is 16.5. The second kappa shape index (κ2) is 7.50. The number of hydrogen-bond donors (Lipinski definition) is 1. The molecule has 2 aromatic rings. The van der Waals surface area contributed by atoms with Crippen LogP contribution in [-0.2, 0) is 16.7 Å². The van der Waals surface area contributed by atoms with Gasteiger partial charge in [0.2, 0.25) is 0 Å². The van der Waals surface area contributed by atoms with Crippen molar-refractivity contribution in [2.45, 2.75) is 45.6 Å². The summed E-state index contributed by atoms with van der Waals surface area (Å²) in [6, 6.07) is 15.6. The number of hydrogen-bond acceptors (Lipinski definition) is 2. The first kappa shape index (κ1) is 17.2. The zero-order valence-electron chi connectivity index (χ0n) is 15.2. The summed E-state index contributed by atoms with van der Waals surface area (Å²) in [6.45, 7) is 10.3. The fourth-order valence-electron chi connectivity index (χ4n) is 3.77. The van der Waals surface area contributed by atoms with Crippen LogP contribution in [0.15, 0.2) is 42.5 Å². The Kier molecular flexibility index (Phi) is 5.37. The Bertz CT molecular complexity index is 672. The largest absolute Gasteiger partial charge is 0.381 e. The van der Waals surface area contributed by atoms with E-state index in [0.29, 0.717) is 0 Å². The number of rotatable bonds is 5. The highest BCUT2D eigenvalue weighted by Crippen LogP contribution is 2.34. The van der Waals surface area contributed by atoms with Gasteiger partial charge in [-0.1, -0.05) is 42.5 Å². The predicted octanol–water partition coefficient (Wildman–Crippen LogP) is 4.45. The van der Waals surface area contributed by atoms with E-state index in [0.717, 1.165) is 39.1 Å². The van der Waals surface area contributed by atoms with Gasteiger partial charge in [0.25, 0.3) is 0 Å². The molecule has 1 N–H and O–H groups in total. The summed E-state index contributed by atoms with van der Waals surface area (Å²) in [4.78, 5) is 0. The minimum Gasteiger partial charge on any atom is -0.381 e. The number of nitrogens with one attached hydrogen (secondary N) is 1. The van der Waals surface area contributed by atoms with Gasteiger partial charge in [-0.3, -0.25) is 0 Å². The number of aryl methyl sites for hydroxylation is 3. The minimum absolute atomic E-state index is 0.202. The molecule has 0 saturated carbocycles. The third kappa shape index (κ3) is 3.71. The number of benzene rings is 2. The summed E-state index contributed by atoms with van der Waals surface area (Å²) in [5.74, 6) is 0. The van der Waals surface area contributed by atoms with Crippen LogP contribution in [0, 0.1) is 20.8 Å². The number of ether oxygens (including phenoxy) is 1. The first-order valence-corrected chi connectivity index (χ1v) is 9.01. The Hall–Kier alpha value is -1.64. The third-order valence-corrected chi connectivity index (χ3v) is 5.57. The zero-order valence-corrected chi connectivity index (χ0v) is 15.2. The molecule has 1 aliphatic rings. The lowest BCUT2D eigenvalue weighted by atomic mass is 9.74. The van der Waals surface area contributed by atoms with Gasteiger partial charge in [0.1, 0.15) is 0 Å². The highest BCUT2D eigenvalue weighted by molar-refractivity contribution is 5.36. The molecule has 128 valence electrons. The molecule has 24 heavy (non-hydrogen) atoms. The van der Waals surface area contributed by atoms with Gasteiger partial charge in [-0.05, 0) is 61.4 Å². The van der Waals surface area contributed by atoms with Crippen LogP contribution < -0.4 is 5.32 Å². The van der Waals surface area contributed by atoms with Crippen molar-refractivity contribution in [3.63, 3.8) is 0 Å². The maximum absolute atomic E-state index is 5.63. The van der Waals surface area contributed by atoms with E-state index >= 15 is 0 Å². The molecule has 0 aliphatic carbocycles. The van der Waals surface area contributed by atoms with Crippen molar-refractivity contribution < 1.29 is 4.74 Å². The average Bonchev–Trinajstić information content (AvgIpc) is 2.61. The van der Waals surface area contributed by atoms with Crippen LogP contribution in [-0.4, -0.2) is 19.8 Å². The summed E-state index contributed by atoms with van der Waals surface area (Å²) >= 11 is 0. The van der Waals surface area contributed by atoms with Gasteiger partial charge in [-0.15, -0.1) is 0 Å². The van der Waals surface area contributed by atoms with Gasteiger partial charge in [0.05, 0.1) is 0 Å². The van der Waals surface area contributed by atoms with Crippen molar-refractivity contribution >= 4 is 0 Å². The van der Waals surface area contributed by atoms with E-state index in [2.05, 4.69) is 68.6 Å². The van der Waals surface area contributed by atoms with Gasteiger partial charge >= 0.3 is 0 Å². The second-order valence-corrected chi connectivity index (χ2v) is 7.23. The molecule has 2 heteroatoms. The fourth-order valence-corrected chi connectivity index (χ4v) is 3.77. The minimum atomic E-state index is 0.202. The van der Waals surface area contributed by atoms with E-state index in [-0.39, 0.29) is 5.41 Å². The summed E-state index contributed by atoms with van der Waals surface area (Å²) in [5, 5.41) is 3.74. The Labute approximate surface area is 146 Å². The predicted molar refractivity (Wildman–Crippen MR) is 101 cm³/mol. The smallest absolute Gasteiger partial charge is 0.0475 e. The normalized spacial score (nSPS) is 17.0. The van der Waals surface area contributed by atoms with E-state index in [9.17, 15) is 0 Å². The molecule has 0 atom stereocenters. The Morgan fingerprint density at radius 2 is 1.58 bits per heavy atom. The lowest BCUT2D eigenvalue weighted by Crippen LogP contribution is -2.42. The molecule has 1 heterocycles. The maximum atomic E-state index is 5.63. The molecule has 3 rings (SSSR count). The lowest BCUT2D eigenvalue weighted by Gasteiger charge is -2.38. The molecule has 0 bridgehead atoms. The highest BCUT2D eigenvalue weighted by Gasteiger charge is 2.33. The Morgan fingerprint density at radius 1 is 0.917 bits per heavy atom. The van der Waals surface area contributed by atoms with E-state index < -0.39 is 0 Å². The van der Waals surface area contributed by atoms with Gasteiger partial charge in [0.15, 0.2) is 0 Å². The van der Waals surface area contributed by atoms with Crippen molar-refractivity contribution in [3.05, 3.63) is 70.3 Å². The molecule has 2 nitrogen and oxygen atoms in total. The zero-order chi connectivity index (χ0) is 17.0. The van der Waals surface area contributed by atoms with E-state index in [1.54, 1.807) is 0 Å². The summed E-state index contributed by atoms with van der Waals surface area (Å²) < 4.78 is 5.63. The SMILES string of the molecule is Cc1cc(C)c(CNCC2(c3ccccc3)CCOCC2)cc1C. The van der Waals surface area contributed by atoms with Crippen molar-refractivity contribution in [1.82, 2.24) is 5.32 Å². The van der Waals surface area contributed by atoms with Gasteiger partial charge in [-0.25, -0.2) is 0 Å². The second-order valence-electron chi connectivity index (χ2n) is 7.23. The van der Waals surface area contributed by atoms with Crippen LogP contribution in [0.25, 0.3) is 0 Å². The van der Waals surface area contributed by atoms with Crippen molar-refractivity contribution in [2.75, 3.05) is 19.8 Å². The van der Waals surface area contributed by atoms with Crippen LogP contribution >= 0.6 is 0 Å². The van der Waals surface area contributed by atoms with Crippen LogP contribution in [0.2, 0.25) is 0 Å². The van der Waals surface area contributed by atoms with E-state index in [1.807, 2.05) is 0 Å². The maximum Gasteiger partial charge on any atom is 0.0475 e. The first-order chi connectivity index (χ1) is 11.6. The third-order valence-electron chi connectivity index (χ3n) is 5.57. The van der Waals surface area contributed by atoms with Crippen molar-refractivity contribution in [2.24, 2.45) is 0 Å². The molecule has 0 aromatic heterocycles. The molecule has 0 spiro atoms. The molecule has 1 aliphatic heterocycles.